The monoisotopic (exact) mass is 405 g/mol. The van der Waals surface area contributed by atoms with Crippen LogP contribution in [0.3, 0.4) is 0 Å². The van der Waals surface area contributed by atoms with Gasteiger partial charge in [0.1, 0.15) is 5.69 Å². The summed E-state index contributed by atoms with van der Waals surface area (Å²) in [6.45, 7) is 7.74. The Balaban J connectivity index is 0.000000253. The molecule has 10 heteroatoms. The minimum atomic E-state index is -0.809. The minimum Gasteiger partial charge on any atom is -0.303 e. The van der Waals surface area contributed by atoms with Gasteiger partial charge in [-0.25, -0.2) is 4.68 Å². The average molecular weight is 405 g/mol. The number of hydrogen-bond donors (Lipinski definition) is 1. The lowest BCUT2D eigenvalue weighted by Crippen LogP contribution is -2.30. The zero-order valence-corrected chi connectivity index (χ0v) is 16.8. The molecular formula is C19H27N5O5. The van der Waals surface area contributed by atoms with Gasteiger partial charge in [-0.1, -0.05) is 19.8 Å². The number of aromatic amines is 1. The van der Waals surface area contributed by atoms with Gasteiger partial charge in [-0.15, -0.1) is 0 Å². The minimum absolute atomic E-state index is 0.119. The van der Waals surface area contributed by atoms with Crippen LogP contribution in [0.2, 0.25) is 0 Å². The molecule has 0 aliphatic carbocycles. The maximum atomic E-state index is 11.8. The number of nitrogens with one attached hydrogen (secondary N) is 1. The normalized spacial score (nSPS) is 14.1. The Morgan fingerprint density at radius 1 is 1.03 bits per heavy atom. The van der Waals surface area contributed by atoms with Crippen LogP contribution in [0.1, 0.15) is 44.7 Å². The van der Waals surface area contributed by atoms with E-state index in [-0.39, 0.29) is 17.1 Å². The van der Waals surface area contributed by atoms with Crippen LogP contribution in [0.4, 0.5) is 11.4 Å². The topological polar surface area (TPSA) is 127 Å². The number of H-pyrrole nitrogens is 1. The summed E-state index contributed by atoms with van der Waals surface area (Å²) in [7, 11) is 0. The Morgan fingerprint density at radius 2 is 1.66 bits per heavy atom. The van der Waals surface area contributed by atoms with Gasteiger partial charge < -0.3 is 4.90 Å². The first-order valence-corrected chi connectivity index (χ1v) is 9.78. The van der Waals surface area contributed by atoms with E-state index in [9.17, 15) is 25.0 Å². The van der Waals surface area contributed by atoms with Gasteiger partial charge in [0.15, 0.2) is 0 Å². The summed E-state index contributed by atoms with van der Waals surface area (Å²) in [4.78, 5) is 34.3. The molecule has 1 saturated heterocycles. The van der Waals surface area contributed by atoms with Crippen LogP contribution >= 0.6 is 0 Å². The van der Waals surface area contributed by atoms with Crippen molar-refractivity contribution < 1.29 is 9.85 Å². The van der Waals surface area contributed by atoms with Crippen LogP contribution in [0.15, 0.2) is 29.1 Å². The second-order valence-corrected chi connectivity index (χ2v) is 7.01. The number of unbranched alkanes of at least 4 members (excludes halogenated alkanes) is 1. The molecule has 0 atom stereocenters. The molecule has 1 aromatic carbocycles. The molecule has 0 radical (unpaired) electrons. The van der Waals surface area contributed by atoms with Crippen molar-refractivity contribution >= 4 is 11.4 Å². The van der Waals surface area contributed by atoms with Crippen LogP contribution in [-0.2, 0) is 0 Å². The maximum absolute atomic E-state index is 11.8. The Kier molecular flexibility index (Phi) is 8.08. The Morgan fingerprint density at radius 3 is 2.14 bits per heavy atom. The predicted molar refractivity (Wildman–Crippen MR) is 110 cm³/mol. The molecule has 2 aromatic rings. The number of nitro benzene ring substituents is 1. The molecule has 2 heterocycles. The molecule has 1 aliphatic heterocycles. The zero-order valence-electron chi connectivity index (χ0n) is 16.8. The van der Waals surface area contributed by atoms with E-state index >= 15 is 0 Å². The number of aryl methyl sites for hydroxylation is 1. The Labute approximate surface area is 168 Å². The molecule has 1 N–H and O–H groups in total. The van der Waals surface area contributed by atoms with E-state index in [0.717, 1.165) is 4.68 Å². The molecule has 0 unspecified atom stereocenters. The summed E-state index contributed by atoms with van der Waals surface area (Å²) in [6.07, 6.45) is 7.06. The van der Waals surface area contributed by atoms with Gasteiger partial charge in [-0.2, -0.15) is 0 Å². The molecule has 158 valence electrons. The Hall–Kier alpha value is -3.01. The third-order valence-corrected chi connectivity index (χ3v) is 4.82. The molecule has 1 aromatic heterocycles. The average Bonchev–Trinajstić information content (AvgIpc) is 3.02. The molecule has 0 amide bonds. The first-order valence-electron chi connectivity index (χ1n) is 9.78. The summed E-state index contributed by atoms with van der Waals surface area (Å²) in [5.41, 5.74) is -1.08. The fourth-order valence-electron chi connectivity index (χ4n) is 3.22. The van der Waals surface area contributed by atoms with Gasteiger partial charge in [0.05, 0.1) is 15.5 Å². The molecule has 3 rings (SSSR count). The van der Waals surface area contributed by atoms with Gasteiger partial charge in [-0.3, -0.25) is 30.1 Å². The fraction of sp³-hybridized carbons (Fsp3) is 0.526. The lowest BCUT2D eigenvalue weighted by Gasteiger charge is -2.25. The van der Waals surface area contributed by atoms with Gasteiger partial charge >= 0.3 is 11.2 Å². The van der Waals surface area contributed by atoms with Crippen molar-refractivity contribution in [3.63, 3.8) is 0 Å². The van der Waals surface area contributed by atoms with Gasteiger partial charge in [0.2, 0.25) is 0 Å². The Bertz CT molecular complexity index is 881. The number of likely N-dealkylation sites (tertiary alicyclic amines) is 1. The van der Waals surface area contributed by atoms with Gasteiger partial charge in [0, 0.05) is 12.1 Å². The molecule has 1 fully saturated rings. The summed E-state index contributed by atoms with van der Waals surface area (Å²) in [5.74, 6) is 0. The number of nitro groups is 2. The van der Waals surface area contributed by atoms with E-state index in [0.29, 0.717) is 0 Å². The van der Waals surface area contributed by atoms with E-state index in [1.807, 2.05) is 0 Å². The van der Waals surface area contributed by atoms with Gasteiger partial charge in [0.25, 0.3) is 5.69 Å². The summed E-state index contributed by atoms with van der Waals surface area (Å²) < 4.78 is 0.969. The van der Waals surface area contributed by atoms with Crippen LogP contribution < -0.4 is 5.56 Å². The van der Waals surface area contributed by atoms with Crippen LogP contribution in [-0.4, -0.2) is 44.2 Å². The number of hydrogen-bond acceptors (Lipinski definition) is 6. The van der Waals surface area contributed by atoms with Crippen molar-refractivity contribution in [2.24, 2.45) is 0 Å². The van der Waals surface area contributed by atoms with Crippen LogP contribution in [0.5, 0.6) is 0 Å². The molecule has 10 nitrogen and oxygen atoms in total. The zero-order chi connectivity index (χ0) is 21.4. The smallest absolute Gasteiger partial charge is 0.303 e. The largest absolute Gasteiger partial charge is 0.356 e. The second kappa shape index (κ2) is 10.5. The van der Waals surface area contributed by atoms with Crippen molar-refractivity contribution in [3.05, 3.63) is 60.5 Å². The molecule has 0 spiro atoms. The van der Waals surface area contributed by atoms with E-state index in [1.54, 1.807) is 0 Å². The second-order valence-electron chi connectivity index (χ2n) is 7.01. The highest BCUT2D eigenvalue weighted by Gasteiger charge is 2.22. The first-order chi connectivity index (χ1) is 13.8. The number of aromatic nitrogens is 2. The third-order valence-electron chi connectivity index (χ3n) is 4.82. The molecule has 0 bridgehead atoms. The van der Waals surface area contributed by atoms with Crippen molar-refractivity contribution in [1.29, 1.82) is 0 Å². The van der Waals surface area contributed by atoms with E-state index in [2.05, 4.69) is 16.9 Å². The summed E-state index contributed by atoms with van der Waals surface area (Å²) in [5, 5.41) is 23.8. The lowest BCUT2D eigenvalue weighted by molar-refractivity contribution is -0.386. The third kappa shape index (κ3) is 5.98. The SMILES string of the molecule is CCCCN1CCCCC1.Cc1[nH]n(-c2ccc([N+](=O)[O-])cc2)c(=O)c1[N+](=O)[O-]. The molecule has 1 aliphatic rings. The summed E-state index contributed by atoms with van der Waals surface area (Å²) in [6, 6.07) is 5.09. The molecule has 29 heavy (non-hydrogen) atoms. The standard InChI is InChI=1S/C10H8N4O5.C9H19N/c1-6-9(14(18)19)10(15)12(11-6)7-2-4-8(5-3-7)13(16)17;1-2-3-7-10-8-5-4-6-9-10/h2-5,11H,1H3;2-9H2,1H3. The number of benzene rings is 1. The van der Waals surface area contributed by atoms with Crippen LogP contribution in [0, 0.1) is 27.2 Å². The van der Waals surface area contributed by atoms with E-state index < -0.39 is 21.1 Å². The highest BCUT2D eigenvalue weighted by molar-refractivity contribution is 5.43. The fourth-order valence-corrected chi connectivity index (χ4v) is 3.22. The number of nitrogens with zero attached hydrogens (tertiary/aromatic N) is 4. The van der Waals surface area contributed by atoms with Crippen LogP contribution in [0.25, 0.3) is 5.69 Å². The van der Waals surface area contributed by atoms with E-state index in [4.69, 9.17) is 0 Å². The van der Waals surface area contributed by atoms with E-state index in [1.165, 1.54) is 82.9 Å². The number of non-ortho nitro benzene ring substituents is 1. The predicted octanol–water partition coefficient (Wildman–Crippen LogP) is 3.56. The maximum Gasteiger partial charge on any atom is 0.356 e. The number of piperidine rings is 1. The van der Waals surface area contributed by atoms with Crippen molar-refractivity contribution in [1.82, 2.24) is 14.7 Å². The lowest BCUT2D eigenvalue weighted by atomic mass is 10.1. The highest BCUT2D eigenvalue weighted by Crippen LogP contribution is 2.16. The first kappa shape index (κ1) is 22.3. The molecular weight excluding hydrogens is 378 g/mol. The highest BCUT2D eigenvalue weighted by atomic mass is 16.6. The summed E-state index contributed by atoms with van der Waals surface area (Å²) >= 11 is 0. The number of rotatable bonds is 6. The van der Waals surface area contributed by atoms with Gasteiger partial charge in [-0.05, 0) is 58.0 Å². The van der Waals surface area contributed by atoms with Crippen molar-refractivity contribution in [2.45, 2.75) is 46.0 Å². The van der Waals surface area contributed by atoms with Crippen molar-refractivity contribution in [3.8, 4) is 5.69 Å². The quantitative estimate of drug-likeness (QED) is 0.578. The molecule has 0 saturated carbocycles. The van der Waals surface area contributed by atoms with Crippen molar-refractivity contribution in [2.75, 3.05) is 19.6 Å².